The fourth-order valence-corrected chi connectivity index (χ4v) is 2.22. The molecule has 0 amide bonds. The second kappa shape index (κ2) is 6.36. The summed E-state index contributed by atoms with van der Waals surface area (Å²) in [5.41, 5.74) is 0.871. The lowest BCUT2D eigenvalue weighted by Gasteiger charge is -2.32. The van der Waals surface area contributed by atoms with E-state index in [0.29, 0.717) is 0 Å². The Balaban J connectivity index is 1.73. The Kier molecular flexibility index (Phi) is 4.80. The highest BCUT2D eigenvalue weighted by Gasteiger charge is 2.12. The third kappa shape index (κ3) is 3.83. The van der Waals surface area contributed by atoms with Gasteiger partial charge in [0.2, 0.25) is 0 Å². The molecule has 18 heavy (non-hydrogen) atoms. The molecule has 1 aromatic carbocycles. The molecule has 0 radical (unpaired) electrons. The SMILES string of the molecule is CN1CCN(CCNc2ccc(F)c(Cl)c2)CC1. The minimum Gasteiger partial charge on any atom is -0.384 e. The highest BCUT2D eigenvalue weighted by Crippen LogP contribution is 2.19. The van der Waals surface area contributed by atoms with Crippen LogP contribution in [0.5, 0.6) is 0 Å². The number of rotatable bonds is 4. The monoisotopic (exact) mass is 271 g/mol. The minimum atomic E-state index is -0.374. The van der Waals surface area contributed by atoms with Gasteiger partial charge in [-0.2, -0.15) is 0 Å². The van der Waals surface area contributed by atoms with Gasteiger partial charge in [-0.05, 0) is 25.2 Å². The average molecular weight is 272 g/mol. The van der Waals surface area contributed by atoms with Gasteiger partial charge in [0, 0.05) is 45.0 Å². The molecule has 1 saturated heterocycles. The lowest BCUT2D eigenvalue weighted by molar-refractivity contribution is 0.158. The molecule has 1 aliphatic rings. The number of benzene rings is 1. The number of nitrogens with zero attached hydrogens (tertiary/aromatic N) is 2. The van der Waals surface area contributed by atoms with E-state index in [4.69, 9.17) is 11.6 Å². The van der Waals surface area contributed by atoms with Crippen molar-refractivity contribution in [3.8, 4) is 0 Å². The molecule has 0 bridgehead atoms. The summed E-state index contributed by atoms with van der Waals surface area (Å²) in [7, 11) is 2.15. The summed E-state index contributed by atoms with van der Waals surface area (Å²) in [5.74, 6) is -0.374. The molecule has 1 heterocycles. The van der Waals surface area contributed by atoms with Crippen LogP contribution in [-0.2, 0) is 0 Å². The van der Waals surface area contributed by atoms with Crippen molar-refractivity contribution in [2.45, 2.75) is 0 Å². The van der Waals surface area contributed by atoms with Crippen LogP contribution < -0.4 is 5.32 Å². The average Bonchev–Trinajstić information content (AvgIpc) is 2.36. The third-order valence-electron chi connectivity index (χ3n) is 3.27. The first-order chi connectivity index (χ1) is 8.65. The second-order valence-corrected chi connectivity index (χ2v) is 5.11. The van der Waals surface area contributed by atoms with Crippen LogP contribution in [-0.4, -0.2) is 56.1 Å². The van der Waals surface area contributed by atoms with Gasteiger partial charge in [-0.3, -0.25) is 4.90 Å². The van der Waals surface area contributed by atoms with Gasteiger partial charge in [0.25, 0.3) is 0 Å². The lowest BCUT2D eigenvalue weighted by atomic mass is 10.3. The number of hydrogen-bond acceptors (Lipinski definition) is 3. The van der Waals surface area contributed by atoms with Crippen molar-refractivity contribution in [3.63, 3.8) is 0 Å². The summed E-state index contributed by atoms with van der Waals surface area (Å²) >= 11 is 5.73. The quantitative estimate of drug-likeness (QED) is 0.905. The molecular formula is C13H19ClFN3. The molecule has 1 N–H and O–H groups in total. The molecule has 100 valence electrons. The zero-order valence-corrected chi connectivity index (χ0v) is 11.4. The molecular weight excluding hydrogens is 253 g/mol. The van der Waals surface area contributed by atoms with E-state index in [1.54, 1.807) is 12.1 Å². The van der Waals surface area contributed by atoms with Crippen molar-refractivity contribution in [1.82, 2.24) is 9.80 Å². The maximum Gasteiger partial charge on any atom is 0.141 e. The Morgan fingerprint density at radius 3 is 2.67 bits per heavy atom. The smallest absolute Gasteiger partial charge is 0.141 e. The topological polar surface area (TPSA) is 18.5 Å². The predicted molar refractivity (Wildman–Crippen MR) is 73.8 cm³/mol. The van der Waals surface area contributed by atoms with E-state index < -0.39 is 0 Å². The minimum absolute atomic E-state index is 0.166. The fraction of sp³-hybridized carbons (Fsp3) is 0.538. The number of piperazine rings is 1. The van der Waals surface area contributed by atoms with E-state index in [0.717, 1.165) is 45.0 Å². The molecule has 2 rings (SSSR count). The maximum atomic E-state index is 13.0. The standard InChI is InChI=1S/C13H19ClFN3/c1-17-6-8-18(9-7-17)5-4-16-11-2-3-13(15)12(14)10-11/h2-3,10,16H,4-9H2,1H3. The van der Waals surface area contributed by atoms with E-state index in [1.807, 2.05) is 0 Å². The molecule has 0 atom stereocenters. The van der Waals surface area contributed by atoms with Gasteiger partial charge in [-0.15, -0.1) is 0 Å². The second-order valence-electron chi connectivity index (χ2n) is 4.70. The highest BCUT2D eigenvalue weighted by atomic mass is 35.5. The van der Waals surface area contributed by atoms with Gasteiger partial charge in [0.1, 0.15) is 5.82 Å². The summed E-state index contributed by atoms with van der Waals surface area (Å²) in [6.07, 6.45) is 0. The Bertz CT molecular complexity index is 392. The van der Waals surface area contributed by atoms with Crippen LogP contribution in [0.2, 0.25) is 5.02 Å². The van der Waals surface area contributed by atoms with Crippen LogP contribution in [0.25, 0.3) is 0 Å². The number of nitrogens with one attached hydrogen (secondary N) is 1. The van der Waals surface area contributed by atoms with Crippen LogP contribution in [0.1, 0.15) is 0 Å². The highest BCUT2D eigenvalue weighted by molar-refractivity contribution is 6.31. The summed E-state index contributed by atoms with van der Waals surface area (Å²) in [5, 5.41) is 3.43. The summed E-state index contributed by atoms with van der Waals surface area (Å²) in [6, 6.07) is 4.73. The van der Waals surface area contributed by atoms with Crippen molar-refractivity contribution < 1.29 is 4.39 Å². The van der Waals surface area contributed by atoms with Gasteiger partial charge in [-0.25, -0.2) is 4.39 Å². The molecule has 0 aliphatic carbocycles. The molecule has 0 aromatic heterocycles. The number of halogens is 2. The van der Waals surface area contributed by atoms with Crippen LogP contribution in [0.3, 0.4) is 0 Å². The van der Waals surface area contributed by atoms with E-state index in [2.05, 4.69) is 22.2 Å². The third-order valence-corrected chi connectivity index (χ3v) is 3.56. The summed E-state index contributed by atoms with van der Waals surface area (Å²) in [6.45, 7) is 6.34. The van der Waals surface area contributed by atoms with Gasteiger partial charge < -0.3 is 10.2 Å². The van der Waals surface area contributed by atoms with Crippen LogP contribution in [0.15, 0.2) is 18.2 Å². The number of hydrogen-bond donors (Lipinski definition) is 1. The lowest BCUT2D eigenvalue weighted by Crippen LogP contribution is -2.45. The van der Waals surface area contributed by atoms with Crippen LogP contribution in [0.4, 0.5) is 10.1 Å². The zero-order valence-electron chi connectivity index (χ0n) is 10.6. The molecule has 1 aromatic rings. The van der Waals surface area contributed by atoms with Crippen molar-refractivity contribution >= 4 is 17.3 Å². The zero-order chi connectivity index (χ0) is 13.0. The van der Waals surface area contributed by atoms with Crippen molar-refractivity contribution in [2.75, 3.05) is 51.6 Å². The molecule has 3 nitrogen and oxygen atoms in total. The van der Waals surface area contributed by atoms with Gasteiger partial charge in [0.15, 0.2) is 0 Å². The Hall–Kier alpha value is -0.840. The van der Waals surface area contributed by atoms with Crippen LogP contribution in [0, 0.1) is 5.82 Å². The first-order valence-corrected chi connectivity index (χ1v) is 6.63. The molecule has 0 saturated carbocycles. The first kappa shape index (κ1) is 13.6. The van der Waals surface area contributed by atoms with Crippen molar-refractivity contribution in [2.24, 2.45) is 0 Å². The van der Waals surface area contributed by atoms with Gasteiger partial charge >= 0.3 is 0 Å². The maximum absolute atomic E-state index is 13.0. The Morgan fingerprint density at radius 1 is 1.28 bits per heavy atom. The molecule has 1 fully saturated rings. The summed E-state index contributed by atoms with van der Waals surface area (Å²) < 4.78 is 13.0. The van der Waals surface area contributed by atoms with Crippen LogP contribution >= 0.6 is 11.6 Å². The Labute approximate surface area is 113 Å². The molecule has 5 heteroatoms. The van der Waals surface area contributed by atoms with Gasteiger partial charge in [-0.1, -0.05) is 11.6 Å². The van der Waals surface area contributed by atoms with Crippen molar-refractivity contribution in [1.29, 1.82) is 0 Å². The number of anilines is 1. The van der Waals surface area contributed by atoms with E-state index in [-0.39, 0.29) is 10.8 Å². The van der Waals surface area contributed by atoms with E-state index in [9.17, 15) is 4.39 Å². The molecule has 1 aliphatic heterocycles. The first-order valence-electron chi connectivity index (χ1n) is 6.25. The number of likely N-dealkylation sites (N-methyl/N-ethyl adjacent to an activating group) is 1. The fourth-order valence-electron chi connectivity index (χ4n) is 2.04. The normalized spacial score (nSPS) is 17.9. The van der Waals surface area contributed by atoms with Gasteiger partial charge in [0.05, 0.1) is 5.02 Å². The summed E-state index contributed by atoms with van der Waals surface area (Å²) in [4.78, 5) is 4.77. The molecule has 0 spiro atoms. The van der Waals surface area contributed by atoms with Crippen molar-refractivity contribution in [3.05, 3.63) is 29.0 Å². The molecule has 0 unspecified atom stereocenters. The largest absolute Gasteiger partial charge is 0.384 e. The van der Waals surface area contributed by atoms with E-state index in [1.165, 1.54) is 6.07 Å². The van der Waals surface area contributed by atoms with E-state index >= 15 is 0 Å². The Morgan fingerprint density at radius 2 is 2.00 bits per heavy atom. The predicted octanol–water partition coefficient (Wildman–Crippen LogP) is 2.14.